The summed E-state index contributed by atoms with van der Waals surface area (Å²) in [5.41, 5.74) is 1.50. The number of carbonyl (C=O) groups is 3. The van der Waals surface area contributed by atoms with Crippen molar-refractivity contribution in [2.45, 2.75) is 59.2 Å². The Morgan fingerprint density at radius 1 is 0.860 bits per heavy atom. The number of anilines is 2. The van der Waals surface area contributed by atoms with E-state index in [1.165, 1.54) is 18.3 Å². The molecule has 2 heterocycles. The first kappa shape index (κ1) is 31.5. The summed E-state index contributed by atoms with van der Waals surface area (Å²) in [5, 5.41) is 2.74. The number of aromatic nitrogens is 1. The van der Waals surface area contributed by atoms with Crippen LogP contribution in [0.1, 0.15) is 57.5 Å². The van der Waals surface area contributed by atoms with Gasteiger partial charge in [0.2, 0.25) is 0 Å². The molecule has 0 saturated carbocycles. The van der Waals surface area contributed by atoms with Crippen molar-refractivity contribution in [1.82, 2.24) is 9.88 Å². The van der Waals surface area contributed by atoms with Crippen LogP contribution >= 0.6 is 0 Å². The van der Waals surface area contributed by atoms with Gasteiger partial charge in [-0.15, -0.1) is 0 Å². The van der Waals surface area contributed by atoms with Crippen LogP contribution in [0.25, 0.3) is 11.1 Å². The number of ketones is 1. The summed E-state index contributed by atoms with van der Waals surface area (Å²) in [7, 11) is 0. The van der Waals surface area contributed by atoms with Gasteiger partial charge in [-0.2, -0.15) is 0 Å². The summed E-state index contributed by atoms with van der Waals surface area (Å²) in [6.45, 7) is 13.0. The van der Waals surface area contributed by atoms with E-state index in [0.29, 0.717) is 59.9 Å². The maximum Gasteiger partial charge on any atom is 0.412 e. The van der Waals surface area contributed by atoms with Crippen LogP contribution in [0.15, 0.2) is 60.8 Å². The molecule has 228 valence electrons. The van der Waals surface area contributed by atoms with E-state index in [1.807, 2.05) is 20.8 Å². The van der Waals surface area contributed by atoms with E-state index in [1.54, 1.807) is 68.1 Å². The molecule has 0 radical (unpaired) electrons. The van der Waals surface area contributed by atoms with Crippen LogP contribution in [-0.4, -0.2) is 65.2 Å². The van der Waals surface area contributed by atoms with Crippen molar-refractivity contribution in [3.05, 3.63) is 77.7 Å². The van der Waals surface area contributed by atoms with E-state index >= 15 is 0 Å². The Hall–Kier alpha value is -4.47. The van der Waals surface area contributed by atoms with Crippen LogP contribution in [-0.2, 0) is 15.9 Å². The van der Waals surface area contributed by atoms with Gasteiger partial charge in [0.05, 0.1) is 0 Å². The van der Waals surface area contributed by atoms with Crippen molar-refractivity contribution in [2.24, 2.45) is 0 Å². The minimum Gasteiger partial charge on any atom is -0.444 e. The molecule has 0 spiro atoms. The Morgan fingerprint density at radius 2 is 1.53 bits per heavy atom. The quantitative estimate of drug-likeness (QED) is 0.318. The van der Waals surface area contributed by atoms with Gasteiger partial charge in [0.1, 0.15) is 22.8 Å². The molecule has 0 unspecified atom stereocenters. The van der Waals surface area contributed by atoms with Gasteiger partial charge in [-0.05, 0) is 94.6 Å². The molecule has 2 aromatic carbocycles. The number of ether oxygens (including phenoxy) is 2. The van der Waals surface area contributed by atoms with Gasteiger partial charge in [-0.25, -0.2) is 19.0 Å². The SMILES string of the molecule is CC(C)(C)OC(=O)Nc1ccc(-c2cccc(F)c2)cc1CC(=O)c1ccc(N2CCN(C(=O)OC(C)(C)C)CC2)nc1. The monoisotopic (exact) mass is 590 g/mol. The second kappa shape index (κ2) is 12.8. The Morgan fingerprint density at radius 3 is 2.14 bits per heavy atom. The fourth-order valence-electron chi connectivity index (χ4n) is 4.58. The number of amides is 2. The topological polar surface area (TPSA) is 101 Å². The predicted molar refractivity (Wildman–Crippen MR) is 164 cm³/mol. The fourth-order valence-corrected chi connectivity index (χ4v) is 4.58. The zero-order chi connectivity index (χ0) is 31.4. The molecule has 1 aliphatic heterocycles. The lowest BCUT2D eigenvalue weighted by Gasteiger charge is -2.36. The third kappa shape index (κ3) is 9.01. The molecular formula is C33H39FN4O5. The lowest BCUT2D eigenvalue weighted by atomic mass is 9.97. The average molecular weight is 591 g/mol. The van der Waals surface area contributed by atoms with Gasteiger partial charge in [-0.3, -0.25) is 10.1 Å². The highest BCUT2D eigenvalue weighted by atomic mass is 19.1. The van der Waals surface area contributed by atoms with Gasteiger partial charge >= 0.3 is 12.2 Å². The summed E-state index contributed by atoms with van der Waals surface area (Å²) in [6.07, 6.45) is 0.541. The van der Waals surface area contributed by atoms with Crippen molar-refractivity contribution in [3.8, 4) is 11.1 Å². The van der Waals surface area contributed by atoms with Gasteiger partial charge in [0, 0.05) is 50.0 Å². The van der Waals surface area contributed by atoms with Gasteiger partial charge in [0.15, 0.2) is 5.78 Å². The molecule has 1 aliphatic rings. The van der Waals surface area contributed by atoms with E-state index in [4.69, 9.17) is 9.47 Å². The number of halogens is 1. The molecule has 4 rings (SSSR count). The third-order valence-corrected chi connectivity index (χ3v) is 6.58. The zero-order valence-corrected chi connectivity index (χ0v) is 25.6. The molecule has 1 fully saturated rings. The van der Waals surface area contributed by atoms with Crippen molar-refractivity contribution in [2.75, 3.05) is 36.4 Å². The van der Waals surface area contributed by atoms with Crippen LogP contribution in [0.2, 0.25) is 0 Å². The lowest BCUT2D eigenvalue weighted by molar-refractivity contribution is 0.0240. The van der Waals surface area contributed by atoms with Gasteiger partial charge in [-0.1, -0.05) is 18.2 Å². The number of hydrogen-bond acceptors (Lipinski definition) is 7. The second-order valence-electron chi connectivity index (χ2n) is 12.5. The first-order chi connectivity index (χ1) is 20.2. The maximum absolute atomic E-state index is 13.9. The summed E-state index contributed by atoms with van der Waals surface area (Å²) < 4.78 is 24.8. The molecule has 1 aromatic heterocycles. The zero-order valence-electron chi connectivity index (χ0n) is 25.6. The standard InChI is InChI=1S/C33H39FN4O5/c1-32(2,3)42-30(40)36-27-12-10-23(22-8-7-9-26(34)19-22)18-25(27)20-28(39)24-11-13-29(35-21-24)37-14-16-38(17-15-37)31(41)43-33(4,5)6/h7-13,18-19,21H,14-17,20H2,1-6H3,(H,36,40). The molecule has 0 aliphatic carbocycles. The number of carbonyl (C=O) groups excluding carboxylic acids is 3. The Balaban J connectivity index is 1.47. The maximum atomic E-state index is 13.9. The van der Waals surface area contributed by atoms with Crippen LogP contribution < -0.4 is 10.2 Å². The summed E-state index contributed by atoms with van der Waals surface area (Å²) in [6, 6.07) is 14.9. The highest BCUT2D eigenvalue weighted by Crippen LogP contribution is 2.28. The molecule has 2 amide bonds. The van der Waals surface area contributed by atoms with Crippen molar-refractivity contribution in [1.29, 1.82) is 0 Å². The number of nitrogens with one attached hydrogen (secondary N) is 1. The highest BCUT2D eigenvalue weighted by molar-refractivity contribution is 5.99. The van der Waals surface area contributed by atoms with Gasteiger partial charge in [0.25, 0.3) is 0 Å². The number of rotatable bonds is 6. The van der Waals surface area contributed by atoms with Crippen LogP contribution in [0.5, 0.6) is 0 Å². The number of piperazine rings is 1. The summed E-state index contributed by atoms with van der Waals surface area (Å²) in [4.78, 5) is 46.5. The normalized spacial score (nSPS) is 13.8. The van der Waals surface area contributed by atoms with E-state index in [0.717, 1.165) is 0 Å². The van der Waals surface area contributed by atoms with Crippen molar-refractivity contribution >= 4 is 29.5 Å². The highest BCUT2D eigenvalue weighted by Gasteiger charge is 2.26. The Kier molecular flexibility index (Phi) is 9.37. The largest absolute Gasteiger partial charge is 0.444 e. The van der Waals surface area contributed by atoms with Gasteiger partial charge < -0.3 is 19.3 Å². The molecule has 43 heavy (non-hydrogen) atoms. The van der Waals surface area contributed by atoms with E-state index in [9.17, 15) is 18.8 Å². The minimum absolute atomic E-state index is 0.0239. The van der Waals surface area contributed by atoms with Crippen LogP contribution in [0, 0.1) is 5.82 Å². The van der Waals surface area contributed by atoms with Crippen LogP contribution in [0.3, 0.4) is 0 Å². The van der Waals surface area contributed by atoms with E-state index in [-0.39, 0.29) is 24.1 Å². The first-order valence-corrected chi connectivity index (χ1v) is 14.3. The molecule has 0 bridgehead atoms. The molecule has 3 aromatic rings. The van der Waals surface area contributed by atoms with E-state index < -0.39 is 17.3 Å². The van der Waals surface area contributed by atoms with E-state index in [2.05, 4.69) is 15.2 Å². The average Bonchev–Trinajstić information content (AvgIpc) is 2.92. The lowest BCUT2D eigenvalue weighted by Crippen LogP contribution is -2.50. The molecular weight excluding hydrogens is 551 g/mol. The second-order valence-corrected chi connectivity index (χ2v) is 12.5. The molecule has 0 atom stereocenters. The molecule has 1 N–H and O–H groups in total. The third-order valence-electron chi connectivity index (χ3n) is 6.58. The minimum atomic E-state index is -0.697. The van der Waals surface area contributed by atoms with Crippen molar-refractivity contribution in [3.63, 3.8) is 0 Å². The fraction of sp³-hybridized carbons (Fsp3) is 0.394. The molecule has 10 heteroatoms. The first-order valence-electron chi connectivity index (χ1n) is 14.3. The molecule has 1 saturated heterocycles. The van der Waals surface area contributed by atoms with Crippen molar-refractivity contribution < 1.29 is 28.2 Å². The number of pyridine rings is 1. The van der Waals surface area contributed by atoms with Crippen LogP contribution in [0.4, 0.5) is 25.5 Å². The Bertz CT molecular complexity index is 1470. The Labute approximate surface area is 252 Å². The summed E-state index contributed by atoms with van der Waals surface area (Å²) >= 11 is 0. The number of Topliss-reactive ketones (excluding diaryl/α,β-unsaturated/α-hetero) is 1. The molecule has 9 nitrogen and oxygen atoms in total. The summed E-state index contributed by atoms with van der Waals surface area (Å²) in [5.74, 6) is 0.140. The number of nitrogens with zero attached hydrogens (tertiary/aromatic N) is 3. The number of hydrogen-bond donors (Lipinski definition) is 1. The smallest absolute Gasteiger partial charge is 0.412 e. The number of benzene rings is 2. The predicted octanol–water partition coefficient (Wildman–Crippen LogP) is 6.72.